The van der Waals surface area contributed by atoms with Crippen molar-refractivity contribution in [2.45, 2.75) is 11.8 Å². The number of sulfone groups is 1. The van der Waals surface area contributed by atoms with Crippen LogP contribution in [0.1, 0.15) is 17.3 Å². The highest BCUT2D eigenvalue weighted by atomic mass is 32.2. The highest BCUT2D eigenvalue weighted by molar-refractivity contribution is 8.08. The van der Waals surface area contributed by atoms with Gasteiger partial charge < -0.3 is 9.71 Å². The Kier molecular flexibility index (Phi) is 5.71. The van der Waals surface area contributed by atoms with E-state index in [1.54, 1.807) is 6.07 Å². The van der Waals surface area contributed by atoms with Crippen molar-refractivity contribution in [2.75, 3.05) is 5.75 Å². The number of nitrogens with zero attached hydrogens (tertiary/aromatic N) is 2. The summed E-state index contributed by atoms with van der Waals surface area (Å²) in [6.45, 7) is 1.40. The molecule has 8 nitrogen and oxygen atoms in total. The first-order chi connectivity index (χ1) is 12.2. The summed E-state index contributed by atoms with van der Waals surface area (Å²) in [5.74, 6) is -1.30. The first-order valence-corrected chi connectivity index (χ1v) is 10.4. The zero-order valence-electron chi connectivity index (χ0n) is 13.6. The minimum absolute atomic E-state index is 0.0397. The summed E-state index contributed by atoms with van der Waals surface area (Å²) in [7, 11) is -8.18. The predicted octanol–water partition coefficient (Wildman–Crippen LogP) is 1.70. The normalized spacial score (nSPS) is 11.4. The van der Waals surface area contributed by atoms with Gasteiger partial charge in [-0.15, -0.1) is 4.79 Å². The molecule has 0 heterocycles. The molecule has 0 radical (unpaired) electrons. The maximum atomic E-state index is 12.6. The molecular weight excluding hydrogens is 380 g/mol. The number of carbonyl (C=O) groups is 1. The molecule has 26 heavy (non-hydrogen) atoms. The molecule has 0 atom stereocenters. The number of benzene rings is 2. The standard InChI is InChI=1S/C16H14N2O6S2/c1-2-25(20,21)24-13-8-10-14(11-9-13)26(22,23)16(18-17)15(19)12-6-4-3-5-7-12/h3-11H,2H2,1H3. The van der Waals surface area contributed by atoms with E-state index in [1.165, 1.54) is 31.2 Å². The van der Waals surface area contributed by atoms with Crippen LogP contribution in [-0.4, -0.2) is 38.2 Å². The lowest BCUT2D eigenvalue weighted by Crippen LogP contribution is -2.26. The maximum Gasteiger partial charge on any atom is 0.456 e. The van der Waals surface area contributed by atoms with Gasteiger partial charge in [0.2, 0.25) is 0 Å². The molecule has 0 spiro atoms. The second-order valence-corrected chi connectivity index (χ2v) is 8.73. The quantitative estimate of drug-likeness (QED) is 0.183. The molecule has 136 valence electrons. The van der Waals surface area contributed by atoms with Gasteiger partial charge in [0.25, 0.3) is 15.6 Å². The average Bonchev–Trinajstić information content (AvgIpc) is 2.63. The molecule has 2 rings (SSSR count). The molecule has 0 aromatic heterocycles. The molecule has 0 bridgehead atoms. The van der Waals surface area contributed by atoms with Gasteiger partial charge >= 0.3 is 15.2 Å². The van der Waals surface area contributed by atoms with E-state index in [0.717, 1.165) is 24.3 Å². The van der Waals surface area contributed by atoms with Gasteiger partial charge in [-0.3, -0.25) is 4.79 Å². The fraction of sp³-hybridized carbons (Fsp3) is 0.125. The summed E-state index contributed by atoms with van der Waals surface area (Å²) in [4.78, 5) is 14.6. The van der Waals surface area contributed by atoms with Crippen LogP contribution in [0.4, 0.5) is 0 Å². The third-order valence-corrected chi connectivity index (χ3v) is 6.11. The number of carbonyl (C=O) groups excluding carboxylic acids is 1. The number of ketones is 1. The topological polar surface area (TPSA) is 131 Å². The SMILES string of the molecule is CCS(=O)(=O)Oc1ccc(S(=O)(=O)C(=[N+]=[N-])C(=O)c2ccccc2)cc1. The van der Waals surface area contributed by atoms with Gasteiger partial charge in [-0.25, -0.2) is 8.42 Å². The molecule has 2 aromatic rings. The molecule has 0 aliphatic heterocycles. The molecule has 0 fully saturated rings. The van der Waals surface area contributed by atoms with Crippen molar-refractivity contribution in [1.82, 2.24) is 0 Å². The monoisotopic (exact) mass is 394 g/mol. The number of hydrogen-bond donors (Lipinski definition) is 0. The van der Waals surface area contributed by atoms with Crippen molar-refractivity contribution < 1.29 is 30.6 Å². The first-order valence-electron chi connectivity index (χ1n) is 7.30. The molecular formula is C16H14N2O6S2. The Morgan fingerprint density at radius 2 is 1.58 bits per heavy atom. The van der Waals surface area contributed by atoms with Crippen LogP contribution in [-0.2, 0) is 20.0 Å². The zero-order chi connectivity index (χ0) is 19.4. The van der Waals surface area contributed by atoms with Gasteiger partial charge in [0.15, 0.2) is 0 Å². The van der Waals surface area contributed by atoms with Crippen LogP contribution >= 0.6 is 0 Å². The summed E-state index contributed by atoms with van der Waals surface area (Å²) in [5, 5.41) is -1.04. The Labute approximate surface area is 150 Å². The summed E-state index contributed by atoms with van der Waals surface area (Å²) in [5.41, 5.74) is 9.12. The molecule has 0 saturated carbocycles. The summed E-state index contributed by atoms with van der Waals surface area (Å²) in [6, 6.07) is 11.8. The summed E-state index contributed by atoms with van der Waals surface area (Å²) < 4.78 is 52.7. The first kappa shape index (κ1) is 19.5. The molecule has 2 aromatic carbocycles. The molecule has 0 aliphatic rings. The zero-order valence-corrected chi connectivity index (χ0v) is 15.2. The molecule has 0 saturated heterocycles. The van der Waals surface area contributed by atoms with Crippen molar-refractivity contribution in [3.8, 4) is 5.75 Å². The van der Waals surface area contributed by atoms with E-state index in [1.807, 2.05) is 0 Å². The van der Waals surface area contributed by atoms with Gasteiger partial charge in [0.1, 0.15) is 5.75 Å². The van der Waals surface area contributed by atoms with Crippen molar-refractivity contribution >= 4 is 30.8 Å². The summed E-state index contributed by atoms with van der Waals surface area (Å²) >= 11 is 0. The highest BCUT2D eigenvalue weighted by Crippen LogP contribution is 2.20. The van der Waals surface area contributed by atoms with Gasteiger partial charge in [-0.1, -0.05) is 30.3 Å². The van der Waals surface area contributed by atoms with Crippen LogP contribution in [0.2, 0.25) is 0 Å². The lowest BCUT2D eigenvalue weighted by molar-refractivity contribution is -0.00158. The van der Waals surface area contributed by atoms with E-state index < -0.39 is 30.8 Å². The third-order valence-electron chi connectivity index (χ3n) is 3.29. The van der Waals surface area contributed by atoms with Crippen molar-refractivity contribution in [1.29, 1.82) is 0 Å². The lowest BCUT2D eigenvalue weighted by Gasteiger charge is -2.05. The number of rotatable bonds is 6. The minimum Gasteiger partial charge on any atom is -0.382 e. The summed E-state index contributed by atoms with van der Waals surface area (Å²) in [6.07, 6.45) is 0. The van der Waals surface area contributed by atoms with E-state index in [2.05, 4.69) is 4.79 Å². The van der Waals surface area contributed by atoms with Crippen LogP contribution in [0, 0.1) is 0 Å². The number of Topliss-reactive ketones (excluding diaryl/α,β-unsaturated/α-hetero) is 1. The molecule has 0 amide bonds. The minimum atomic E-state index is -4.42. The second kappa shape index (κ2) is 7.61. The van der Waals surface area contributed by atoms with Gasteiger partial charge in [0, 0.05) is 5.56 Å². The largest absolute Gasteiger partial charge is 0.456 e. The molecule has 0 unspecified atom stereocenters. The van der Waals surface area contributed by atoms with Crippen molar-refractivity contribution in [2.24, 2.45) is 0 Å². The number of hydrogen-bond acceptors (Lipinski definition) is 6. The van der Waals surface area contributed by atoms with Gasteiger partial charge in [-0.05, 0) is 31.2 Å². The van der Waals surface area contributed by atoms with E-state index in [9.17, 15) is 21.6 Å². The van der Waals surface area contributed by atoms with Crippen LogP contribution in [0.25, 0.3) is 5.53 Å². The van der Waals surface area contributed by atoms with Crippen molar-refractivity contribution in [3.63, 3.8) is 0 Å². The van der Waals surface area contributed by atoms with E-state index in [-0.39, 0.29) is 22.0 Å². The van der Waals surface area contributed by atoms with Crippen LogP contribution in [0.5, 0.6) is 5.75 Å². The third kappa shape index (κ3) is 4.23. The Hall–Kier alpha value is -2.81. The molecule has 0 aliphatic carbocycles. The van der Waals surface area contributed by atoms with Gasteiger partial charge in [-0.2, -0.15) is 8.42 Å². The van der Waals surface area contributed by atoms with Crippen LogP contribution < -0.4 is 4.18 Å². The Morgan fingerprint density at radius 3 is 2.08 bits per heavy atom. The van der Waals surface area contributed by atoms with Crippen molar-refractivity contribution in [3.05, 3.63) is 65.7 Å². The predicted molar refractivity (Wildman–Crippen MR) is 93.1 cm³/mol. The maximum absolute atomic E-state index is 12.6. The van der Waals surface area contributed by atoms with E-state index >= 15 is 0 Å². The Balaban J connectivity index is 2.37. The molecule has 10 heteroatoms. The molecule has 0 N–H and O–H groups in total. The van der Waals surface area contributed by atoms with E-state index in [4.69, 9.17) is 9.71 Å². The Bertz CT molecular complexity index is 1070. The fourth-order valence-corrected chi connectivity index (χ4v) is 3.63. The fourth-order valence-electron chi connectivity index (χ4n) is 1.93. The second-order valence-electron chi connectivity index (χ2n) is 5.00. The Morgan fingerprint density at radius 1 is 1.00 bits per heavy atom. The van der Waals surface area contributed by atoms with Gasteiger partial charge in [0.05, 0.1) is 10.6 Å². The highest BCUT2D eigenvalue weighted by Gasteiger charge is 2.38. The van der Waals surface area contributed by atoms with Crippen LogP contribution in [0.3, 0.4) is 0 Å². The van der Waals surface area contributed by atoms with E-state index in [0.29, 0.717) is 0 Å². The van der Waals surface area contributed by atoms with Crippen LogP contribution in [0.15, 0.2) is 59.5 Å². The smallest absolute Gasteiger partial charge is 0.382 e. The lowest BCUT2D eigenvalue weighted by atomic mass is 10.1. The average molecular weight is 394 g/mol.